The molecule has 2 aliphatic heterocycles. The number of oxazole rings is 1. The van der Waals surface area contributed by atoms with Gasteiger partial charge in [0.2, 0.25) is 5.89 Å². The molecule has 3 heterocycles. The van der Waals surface area contributed by atoms with Gasteiger partial charge in [-0.3, -0.25) is 9.35 Å². The molecule has 214 valence electrons. The lowest BCUT2D eigenvalue weighted by molar-refractivity contribution is 0.0897. The van der Waals surface area contributed by atoms with Gasteiger partial charge < -0.3 is 14.5 Å². The van der Waals surface area contributed by atoms with Crippen molar-refractivity contribution in [2.45, 2.75) is 102 Å². The number of aromatic nitrogens is 1. The maximum absolute atomic E-state index is 12.8. The van der Waals surface area contributed by atoms with Gasteiger partial charge in [-0.15, -0.1) is 0 Å². The predicted octanol–water partition coefficient (Wildman–Crippen LogP) is 5.48. The van der Waals surface area contributed by atoms with Crippen molar-refractivity contribution in [2.24, 2.45) is 11.8 Å². The molecule has 1 saturated carbocycles. The predicted molar refractivity (Wildman–Crippen MR) is 148 cm³/mol. The van der Waals surface area contributed by atoms with Gasteiger partial charge in [0.05, 0.1) is 23.9 Å². The van der Waals surface area contributed by atoms with Crippen molar-refractivity contribution in [3.8, 4) is 0 Å². The van der Waals surface area contributed by atoms with E-state index in [-0.39, 0.29) is 35.7 Å². The molecule has 2 saturated heterocycles. The number of ether oxygens (including phenoxy) is 1. The van der Waals surface area contributed by atoms with Gasteiger partial charge in [0, 0.05) is 12.5 Å². The number of fused-ring (bicyclic) bond motifs is 2. The molecule has 1 amide bonds. The molecule has 0 radical (unpaired) electrons. The van der Waals surface area contributed by atoms with Crippen molar-refractivity contribution in [1.29, 1.82) is 0 Å². The van der Waals surface area contributed by atoms with Crippen LogP contribution in [0.15, 0.2) is 34.9 Å². The Bertz CT molecular complexity index is 1210. The average molecular weight is 559 g/mol. The Morgan fingerprint density at radius 2 is 1.77 bits per heavy atom. The van der Waals surface area contributed by atoms with Gasteiger partial charge in [-0.1, -0.05) is 69.2 Å². The molecule has 2 aromatic rings. The highest BCUT2D eigenvalue weighted by Crippen LogP contribution is 2.50. The van der Waals surface area contributed by atoms with Crippen molar-refractivity contribution in [3.05, 3.63) is 53.2 Å². The molecular weight excluding hydrogens is 516 g/mol. The highest BCUT2D eigenvalue weighted by Gasteiger charge is 2.51. The summed E-state index contributed by atoms with van der Waals surface area (Å²) in [6.45, 7) is 0.655. The molecule has 4 atom stereocenters. The second kappa shape index (κ2) is 13.0. The van der Waals surface area contributed by atoms with Crippen LogP contribution in [0, 0.1) is 11.8 Å². The van der Waals surface area contributed by atoms with E-state index in [4.69, 9.17) is 13.7 Å². The fourth-order valence-corrected chi connectivity index (χ4v) is 7.46. The lowest BCUT2D eigenvalue weighted by Crippen LogP contribution is -2.28. The molecule has 3 aliphatic rings. The van der Waals surface area contributed by atoms with Gasteiger partial charge in [0.15, 0.2) is 5.69 Å². The first kappa shape index (κ1) is 28.3. The summed E-state index contributed by atoms with van der Waals surface area (Å²) in [6, 6.07) is 8.04. The monoisotopic (exact) mass is 558 g/mol. The molecular formula is C30H42N2O6S. The molecule has 2 N–H and O–H groups in total. The summed E-state index contributed by atoms with van der Waals surface area (Å²) in [5, 5.41) is 3.01. The third kappa shape index (κ3) is 7.50. The Hall–Kier alpha value is -2.23. The summed E-state index contributed by atoms with van der Waals surface area (Å²) in [7, 11) is -3.97. The van der Waals surface area contributed by atoms with Crippen LogP contribution < -0.4 is 5.32 Å². The smallest absolute Gasteiger partial charge is 0.273 e. The Kier molecular flexibility index (Phi) is 9.40. The zero-order chi connectivity index (χ0) is 27.2. The average Bonchev–Trinajstić information content (AvgIpc) is 3.66. The minimum absolute atomic E-state index is 0.0216. The number of hydrogen-bond donors (Lipinski definition) is 2. The number of hydrogen-bond acceptors (Lipinski definition) is 6. The summed E-state index contributed by atoms with van der Waals surface area (Å²) in [4.78, 5) is 17.4. The van der Waals surface area contributed by atoms with Crippen LogP contribution in [0.4, 0.5) is 0 Å². The van der Waals surface area contributed by atoms with E-state index >= 15 is 0 Å². The molecule has 9 heteroatoms. The first-order valence-corrected chi connectivity index (χ1v) is 16.4. The van der Waals surface area contributed by atoms with E-state index in [9.17, 15) is 13.2 Å². The van der Waals surface area contributed by atoms with Gasteiger partial charge in [0.1, 0.15) is 6.26 Å². The van der Waals surface area contributed by atoms with Crippen molar-refractivity contribution >= 4 is 16.0 Å². The van der Waals surface area contributed by atoms with Gasteiger partial charge in [0.25, 0.3) is 16.0 Å². The molecule has 8 nitrogen and oxygen atoms in total. The van der Waals surface area contributed by atoms with E-state index in [1.807, 2.05) is 18.2 Å². The number of rotatable bonds is 13. The minimum atomic E-state index is -3.97. The molecule has 1 aliphatic carbocycles. The Morgan fingerprint density at radius 1 is 1.00 bits per heavy atom. The van der Waals surface area contributed by atoms with Gasteiger partial charge in [-0.25, -0.2) is 4.98 Å². The second-order valence-corrected chi connectivity index (χ2v) is 13.2. The van der Waals surface area contributed by atoms with Crippen molar-refractivity contribution in [2.75, 3.05) is 12.3 Å². The van der Waals surface area contributed by atoms with Crippen LogP contribution in [0.5, 0.6) is 0 Å². The van der Waals surface area contributed by atoms with E-state index in [0.717, 1.165) is 49.1 Å². The number of benzene rings is 1. The summed E-state index contributed by atoms with van der Waals surface area (Å²) in [5.74, 6) is 1.15. The van der Waals surface area contributed by atoms with E-state index in [1.165, 1.54) is 44.8 Å². The normalized spacial score (nSPS) is 25.3. The van der Waals surface area contributed by atoms with Crippen LogP contribution in [0.3, 0.4) is 0 Å². The Balaban J connectivity index is 1.17. The zero-order valence-corrected chi connectivity index (χ0v) is 23.5. The van der Waals surface area contributed by atoms with E-state index < -0.39 is 10.1 Å². The van der Waals surface area contributed by atoms with Gasteiger partial charge in [-0.05, 0) is 55.6 Å². The molecule has 0 spiro atoms. The molecule has 0 unspecified atom stereocenters. The maximum Gasteiger partial charge on any atom is 0.273 e. The molecule has 5 rings (SSSR count). The quantitative estimate of drug-likeness (QED) is 0.247. The Morgan fingerprint density at radius 3 is 2.56 bits per heavy atom. The largest absolute Gasteiger partial charge is 0.448 e. The molecule has 39 heavy (non-hydrogen) atoms. The van der Waals surface area contributed by atoms with Crippen LogP contribution in [-0.2, 0) is 27.7 Å². The molecule has 1 aromatic carbocycles. The number of unbranched alkanes of at least 4 members (excludes halogenated alkanes) is 1. The SMILES string of the molecule is O=C(NCCCCC1CCCCC1)c1coc([C@H]2[C@@H](Cc3ccccc3CCCS(=O)(=O)O)[C@H]3CC[C@@H]2O3)n1. The fraction of sp³-hybridized carbons (Fsp3) is 0.667. The topological polar surface area (TPSA) is 119 Å². The number of carbonyl (C=O) groups is 1. The number of nitrogens with one attached hydrogen (secondary N) is 1. The number of amides is 1. The van der Waals surface area contributed by atoms with Crippen molar-refractivity contribution in [1.82, 2.24) is 10.3 Å². The van der Waals surface area contributed by atoms with Crippen LogP contribution in [0.1, 0.15) is 104 Å². The highest BCUT2D eigenvalue weighted by atomic mass is 32.2. The van der Waals surface area contributed by atoms with Crippen LogP contribution in [0.2, 0.25) is 0 Å². The summed E-state index contributed by atoms with van der Waals surface area (Å²) in [5.41, 5.74) is 2.56. The second-order valence-electron chi connectivity index (χ2n) is 11.7. The molecule has 3 fully saturated rings. The standard InChI is InChI=1S/C30H42N2O6S/c33-29(31-17-7-6-11-21-9-2-1-3-10-21)25-20-37-30(32-25)28-24(26-15-16-27(28)38-26)19-23-13-5-4-12-22(23)14-8-18-39(34,35)36/h4-5,12-13,20-21,24,26-28H,1-3,6-11,14-19H2,(H,31,33)(H,34,35,36)/t24-,26+,27-,28-/m0/s1. The molecule has 1 aromatic heterocycles. The third-order valence-corrected chi connectivity index (χ3v) is 9.74. The lowest BCUT2D eigenvalue weighted by Gasteiger charge is -2.26. The third-order valence-electron chi connectivity index (χ3n) is 8.94. The first-order chi connectivity index (χ1) is 18.9. The van der Waals surface area contributed by atoms with Crippen LogP contribution in [0.25, 0.3) is 0 Å². The van der Waals surface area contributed by atoms with Crippen LogP contribution >= 0.6 is 0 Å². The number of aryl methyl sites for hydroxylation is 1. The fourth-order valence-electron chi connectivity index (χ4n) is 6.95. The maximum atomic E-state index is 12.8. The van der Waals surface area contributed by atoms with Crippen molar-refractivity contribution < 1.29 is 26.9 Å². The van der Waals surface area contributed by atoms with E-state index in [2.05, 4.69) is 16.4 Å². The summed E-state index contributed by atoms with van der Waals surface area (Å²) in [6.07, 6.45) is 15.5. The minimum Gasteiger partial charge on any atom is -0.448 e. The van der Waals surface area contributed by atoms with Gasteiger partial charge >= 0.3 is 0 Å². The number of nitrogens with zero attached hydrogens (tertiary/aromatic N) is 1. The molecule has 2 bridgehead atoms. The zero-order valence-electron chi connectivity index (χ0n) is 22.7. The summed E-state index contributed by atoms with van der Waals surface area (Å²) < 4.78 is 43.6. The van der Waals surface area contributed by atoms with Crippen molar-refractivity contribution in [3.63, 3.8) is 0 Å². The van der Waals surface area contributed by atoms with E-state index in [1.54, 1.807) is 0 Å². The lowest BCUT2D eigenvalue weighted by atomic mass is 9.75. The number of carbonyl (C=O) groups excluding carboxylic acids is 1. The first-order valence-electron chi connectivity index (χ1n) is 14.8. The highest BCUT2D eigenvalue weighted by molar-refractivity contribution is 7.85. The summed E-state index contributed by atoms with van der Waals surface area (Å²) >= 11 is 0. The Labute approximate surface area is 232 Å². The van der Waals surface area contributed by atoms with Gasteiger partial charge in [-0.2, -0.15) is 8.42 Å². The van der Waals surface area contributed by atoms with Crippen LogP contribution in [-0.4, -0.2) is 48.4 Å². The van der Waals surface area contributed by atoms with E-state index in [0.29, 0.717) is 31.0 Å².